The Morgan fingerprint density at radius 2 is 2.11 bits per heavy atom. The molecule has 2 aliphatic rings. The molecule has 104 valence electrons. The fourth-order valence-electron chi connectivity index (χ4n) is 2.74. The van der Waals surface area contributed by atoms with E-state index >= 15 is 0 Å². The molecule has 1 atom stereocenters. The zero-order valence-electron chi connectivity index (χ0n) is 11.1. The summed E-state index contributed by atoms with van der Waals surface area (Å²) < 4.78 is 25.5. The molecule has 0 amide bonds. The smallest absolute Gasteiger partial charge is 0.128 e. The monoisotopic (exact) mass is 281 g/mol. The van der Waals surface area contributed by atoms with E-state index in [1.165, 1.54) is 0 Å². The molecule has 0 radical (unpaired) electrons. The average molecular weight is 281 g/mol. The third kappa shape index (κ3) is 2.30. The van der Waals surface area contributed by atoms with Gasteiger partial charge in [0.25, 0.3) is 0 Å². The van der Waals surface area contributed by atoms with E-state index in [0.717, 1.165) is 43.2 Å². The molecule has 0 aromatic heterocycles. The molecule has 2 saturated heterocycles. The molecule has 0 bridgehead atoms. The van der Waals surface area contributed by atoms with Crippen LogP contribution in [0.15, 0.2) is 29.2 Å². The van der Waals surface area contributed by atoms with Crippen molar-refractivity contribution in [2.45, 2.75) is 30.2 Å². The Hall–Kier alpha value is -0.910. The summed E-state index contributed by atoms with van der Waals surface area (Å²) in [6.07, 6.45) is 2.20. The van der Waals surface area contributed by atoms with Crippen LogP contribution < -0.4 is 4.74 Å². The lowest BCUT2D eigenvalue weighted by molar-refractivity contribution is -0.0947. The van der Waals surface area contributed by atoms with Crippen molar-refractivity contribution in [1.29, 1.82) is 0 Å². The lowest BCUT2D eigenvalue weighted by Crippen LogP contribution is -2.58. The van der Waals surface area contributed by atoms with Gasteiger partial charge in [-0.15, -0.1) is 0 Å². The van der Waals surface area contributed by atoms with Gasteiger partial charge in [0.2, 0.25) is 0 Å². The Morgan fingerprint density at radius 1 is 1.37 bits per heavy atom. The van der Waals surface area contributed by atoms with Crippen LogP contribution >= 0.6 is 0 Å². The highest BCUT2D eigenvalue weighted by molar-refractivity contribution is 7.82. The van der Waals surface area contributed by atoms with Crippen LogP contribution in [0.2, 0.25) is 0 Å². The van der Waals surface area contributed by atoms with Crippen LogP contribution in [-0.4, -0.2) is 40.4 Å². The molecule has 19 heavy (non-hydrogen) atoms. The molecule has 3 rings (SSSR count). The maximum atomic E-state index is 12.7. The van der Waals surface area contributed by atoms with Gasteiger partial charge in [-0.25, -0.2) is 8.51 Å². The van der Waals surface area contributed by atoms with Crippen molar-refractivity contribution in [3.8, 4) is 5.75 Å². The molecule has 1 unspecified atom stereocenters. The molecule has 2 heterocycles. The van der Waals surface area contributed by atoms with E-state index in [2.05, 4.69) is 4.31 Å². The average Bonchev–Trinajstić information content (AvgIpc) is 2.84. The predicted molar refractivity (Wildman–Crippen MR) is 73.5 cm³/mol. The minimum Gasteiger partial charge on any atom is -0.494 e. The summed E-state index contributed by atoms with van der Waals surface area (Å²) in [6.45, 7) is 4.93. The van der Waals surface area contributed by atoms with Gasteiger partial charge in [0.1, 0.15) is 16.7 Å². The number of nitrogens with zero attached hydrogens (tertiary/aromatic N) is 1. The van der Waals surface area contributed by atoms with Crippen LogP contribution in [-0.2, 0) is 15.7 Å². The molecule has 1 aromatic carbocycles. The molecule has 0 aliphatic carbocycles. The minimum atomic E-state index is -1.09. The van der Waals surface area contributed by atoms with Crippen LogP contribution in [0.4, 0.5) is 0 Å². The van der Waals surface area contributed by atoms with Crippen molar-refractivity contribution in [3.63, 3.8) is 0 Å². The van der Waals surface area contributed by atoms with Crippen molar-refractivity contribution >= 4 is 11.0 Å². The highest BCUT2D eigenvalue weighted by atomic mass is 32.2. The number of hydrogen-bond donors (Lipinski definition) is 0. The van der Waals surface area contributed by atoms with Crippen LogP contribution in [0.25, 0.3) is 0 Å². The summed E-state index contributed by atoms with van der Waals surface area (Å²) in [4.78, 5) is 0.844. The fourth-order valence-corrected chi connectivity index (χ4v) is 4.21. The van der Waals surface area contributed by atoms with Gasteiger partial charge in [-0.3, -0.25) is 0 Å². The Labute approximate surface area is 116 Å². The largest absolute Gasteiger partial charge is 0.494 e. The zero-order chi connectivity index (χ0) is 13.3. The third-order valence-electron chi connectivity index (χ3n) is 3.81. The second-order valence-corrected chi connectivity index (χ2v) is 6.49. The van der Waals surface area contributed by atoms with Crippen LogP contribution in [0, 0.1) is 0 Å². The molecular formula is C14H19NO3S. The highest BCUT2D eigenvalue weighted by Crippen LogP contribution is 2.38. The van der Waals surface area contributed by atoms with Crippen LogP contribution in [0.5, 0.6) is 5.75 Å². The Kier molecular flexibility index (Phi) is 3.60. The highest BCUT2D eigenvalue weighted by Gasteiger charge is 2.49. The first-order chi connectivity index (χ1) is 9.25. The molecule has 0 saturated carbocycles. The molecule has 4 nitrogen and oxygen atoms in total. The second-order valence-electron chi connectivity index (χ2n) is 5.08. The van der Waals surface area contributed by atoms with E-state index in [0.29, 0.717) is 6.61 Å². The number of hydrogen-bond acceptors (Lipinski definition) is 3. The summed E-state index contributed by atoms with van der Waals surface area (Å²) in [7, 11) is -1.09. The Morgan fingerprint density at radius 3 is 2.68 bits per heavy atom. The molecule has 2 fully saturated rings. The maximum absolute atomic E-state index is 12.7. The van der Waals surface area contributed by atoms with E-state index in [-0.39, 0.29) is 5.54 Å². The van der Waals surface area contributed by atoms with E-state index in [9.17, 15) is 4.21 Å². The SMILES string of the molecule is CCOc1ccc(S(=O)N2CCCC23COC3)cc1. The molecule has 1 spiro atoms. The van der Waals surface area contributed by atoms with Crippen molar-refractivity contribution in [1.82, 2.24) is 4.31 Å². The van der Waals surface area contributed by atoms with Gasteiger partial charge in [-0.05, 0) is 44.0 Å². The number of benzene rings is 1. The number of ether oxygens (including phenoxy) is 2. The summed E-state index contributed by atoms with van der Waals surface area (Å²) in [5.41, 5.74) is 0.0312. The second kappa shape index (κ2) is 5.23. The number of rotatable bonds is 4. The summed E-state index contributed by atoms with van der Waals surface area (Å²) in [6, 6.07) is 7.56. The summed E-state index contributed by atoms with van der Waals surface area (Å²) >= 11 is 0. The van der Waals surface area contributed by atoms with Gasteiger partial charge < -0.3 is 9.47 Å². The lowest BCUT2D eigenvalue weighted by atomic mass is 9.96. The normalized spacial score (nSPS) is 23.2. The van der Waals surface area contributed by atoms with E-state index in [4.69, 9.17) is 9.47 Å². The van der Waals surface area contributed by atoms with Crippen molar-refractivity contribution in [2.24, 2.45) is 0 Å². The first-order valence-corrected chi connectivity index (χ1v) is 7.86. The fraction of sp³-hybridized carbons (Fsp3) is 0.571. The van der Waals surface area contributed by atoms with Crippen molar-refractivity contribution in [2.75, 3.05) is 26.4 Å². The first kappa shape index (κ1) is 13.1. The van der Waals surface area contributed by atoms with E-state index < -0.39 is 11.0 Å². The van der Waals surface area contributed by atoms with Crippen LogP contribution in [0.3, 0.4) is 0 Å². The topological polar surface area (TPSA) is 38.8 Å². The van der Waals surface area contributed by atoms with Gasteiger partial charge in [0.15, 0.2) is 0 Å². The molecule has 0 N–H and O–H groups in total. The van der Waals surface area contributed by atoms with E-state index in [1.807, 2.05) is 31.2 Å². The molecule has 2 aliphatic heterocycles. The van der Waals surface area contributed by atoms with Gasteiger partial charge in [0.05, 0.1) is 30.3 Å². The van der Waals surface area contributed by atoms with Crippen LogP contribution in [0.1, 0.15) is 19.8 Å². The zero-order valence-corrected chi connectivity index (χ0v) is 11.9. The summed E-state index contributed by atoms with van der Waals surface area (Å²) in [5.74, 6) is 0.825. The molecule has 5 heteroatoms. The van der Waals surface area contributed by atoms with Crippen molar-refractivity contribution < 1.29 is 13.7 Å². The standard InChI is InChI=1S/C14H19NO3S/c1-2-18-12-4-6-13(7-5-12)19(16)15-9-3-8-14(15)10-17-11-14/h4-7H,2-3,8-11H2,1H3. The predicted octanol–water partition coefficient (Wildman–Crippen LogP) is 1.97. The van der Waals surface area contributed by atoms with Gasteiger partial charge in [-0.2, -0.15) is 0 Å². The quantitative estimate of drug-likeness (QED) is 0.847. The molecule has 1 aromatic rings. The van der Waals surface area contributed by atoms with E-state index in [1.54, 1.807) is 0 Å². The maximum Gasteiger partial charge on any atom is 0.128 e. The lowest BCUT2D eigenvalue weighted by Gasteiger charge is -2.44. The van der Waals surface area contributed by atoms with Crippen molar-refractivity contribution in [3.05, 3.63) is 24.3 Å². The molecular weight excluding hydrogens is 262 g/mol. The first-order valence-electron chi connectivity index (χ1n) is 6.75. The Bertz CT molecular complexity index is 470. The Balaban J connectivity index is 1.76. The minimum absolute atomic E-state index is 0.0312. The van der Waals surface area contributed by atoms with Gasteiger partial charge in [0, 0.05) is 6.54 Å². The van der Waals surface area contributed by atoms with Gasteiger partial charge >= 0.3 is 0 Å². The summed E-state index contributed by atoms with van der Waals surface area (Å²) in [5, 5.41) is 0. The third-order valence-corrected chi connectivity index (χ3v) is 5.46. The van der Waals surface area contributed by atoms with Gasteiger partial charge in [-0.1, -0.05) is 0 Å².